The summed E-state index contributed by atoms with van der Waals surface area (Å²) in [5.74, 6) is 0.773. The fourth-order valence-electron chi connectivity index (χ4n) is 3.26. The van der Waals surface area contributed by atoms with E-state index in [1.165, 1.54) is 16.7 Å². The van der Waals surface area contributed by atoms with E-state index < -0.39 is 0 Å². The quantitative estimate of drug-likeness (QED) is 0.496. The van der Waals surface area contributed by atoms with Gasteiger partial charge in [-0.2, -0.15) is 5.10 Å². The van der Waals surface area contributed by atoms with Gasteiger partial charge >= 0.3 is 0 Å². The molecule has 0 spiro atoms. The van der Waals surface area contributed by atoms with E-state index in [-0.39, 0.29) is 0 Å². The molecule has 27 heavy (non-hydrogen) atoms. The van der Waals surface area contributed by atoms with Crippen LogP contribution < -0.4 is 0 Å². The fraction of sp³-hybridized carbons (Fsp3) is 0.143. The van der Waals surface area contributed by atoms with Gasteiger partial charge in [-0.15, -0.1) is 5.10 Å². The van der Waals surface area contributed by atoms with Crippen LogP contribution in [-0.4, -0.2) is 29.4 Å². The van der Waals surface area contributed by atoms with Crippen LogP contribution in [0.1, 0.15) is 22.5 Å². The highest BCUT2D eigenvalue weighted by Gasteiger charge is 2.14. The Balaban J connectivity index is 1.61. The molecule has 0 unspecified atom stereocenters. The number of rotatable bonds is 3. The first kappa shape index (κ1) is 15.7. The normalized spacial score (nSPS) is 11.5. The smallest absolute Gasteiger partial charge is 0.170 e. The van der Waals surface area contributed by atoms with Crippen LogP contribution in [-0.2, 0) is 6.42 Å². The van der Waals surface area contributed by atoms with Crippen LogP contribution in [0.3, 0.4) is 0 Å². The second-order valence-electron chi connectivity index (χ2n) is 6.77. The minimum Gasteiger partial charge on any atom is -0.216 e. The van der Waals surface area contributed by atoms with Gasteiger partial charge in [0, 0.05) is 6.42 Å². The third-order valence-corrected chi connectivity index (χ3v) is 4.89. The second-order valence-corrected chi connectivity index (χ2v) is 6.77. The molecule has 3 aromatic heterocycles. The summed E-state index contributed by atoms with van der Waals surface area (Å²) in [6, 6.07) is 16.5. The predicted octanol–water partition coefficient (Wildman–Crippen LogP) is 3.67. The molecule has 0 radical (unpaired) electrons. The monoisotopic (exact) mass is 354 g/mol. The van der Waals surface area contributed by atoms with Gasteiger partial charge in [-0.1, -0.05) is 36.4 Å². The van der Waals surface area contributed by atoms with Crippen LogP contribution in [0.2, 0.25) is 0 Å². The molecule has 0 amide bonds. The van der Waals surface area contributed by atoms with Crippen LogP contribution in [0.25, 0.3) is 22.4 Å². The lowest BCUT2D eigenvalue weighted by Gasteiger charge is -2.06. The van der Waals surface area contributed by atoms with Crippen molar-refractivity contribution in [2.75, 3.05) is 0 Å². The molecule has 0 saturated heterocycles. The van der Waals surface area contributed by atoms with Crippen LogP contribution in [0, 0.1) is 13.8 Å². The van der Waals surface area contributed by atoms with Gasteiger partial charge < -0.3 is 0 Å². The van der Waals surface area contributed by atoms with Gasteiger partial charge in [0.15, 0.2) is 17.1 Å². The molecule has 6 heteroatoms. The number of aryl methyl sites for hydroxylation is 2. The molecule has 0 aliphatic rings. The van der Waals surface area contributed by atoms with Crippen molar-refractivity contribution in [3.8, 4) is 5.69 Å². The maximum atomic E-state index is 4.73. The molecular formula is C21H18N6. The molecule has 0 fully saturated rings. The molecule has 6 nitrogen and oxygen atoms in total. The average molecular weight is 354 g/mol. The topological polar surface area (TPSA) is 60.9 Å². The van der Waals surface area contributed by atoms with Gasteiger partial charge in [-0.05, 0) is 42.7 Å². The fourth-order valence-corrected chi connectivity index (χ4v) is 3.26. The molecule has 0 saturated carbocycles. The number of fused-ring (bicyclic) bond motifs is 3. The Labute approximate surface area is 156 Å². The molecule has 5 rings (SSSR count). The highest BCUT2D eigenvalue weighted by atomic mass is 15.3. The summed E-state index contributed by atoms with van der Waals surface area (Å²) >= 11 is 0. The van der Waals surface area contributed by atoms with E-state index >= 15 is 0 Å². The minimum atomic E-state index is 0.690. The summed E-state index contributed by atoms with van der Waals surface area (Å²) in [6.45, 7) is 4.21. The Morgan fingerprint density at radius 2 is 1.78 bits per heavy atom. The average Bonchev–Trinajstić information content (AvgIpc) is 3.28. The SMILES string of the molecule is Cc1ccc(-n2ncc3c2ncn2nc(Cc4ccccc4)nc32)cc1C. The summed E-state index contributed by atoms with van der Waals surface area (Å²) in [7, 11) is 0. The Kier molecular flexibility index (Phi) is 3.50. The van der Waals surface area contributed by atoms with Crippen molar-refractivity contribution in [2.45, 2.75) is 20.3 Å². The van der Waals surface area contributed by atoms with Crippen molar-refractivity contribution in [2.24, 2.45) is 0 Å². The van der Waals surface area contributed by atoms with E-state index in [9.17, 15) is 0 Å². The molecule has 0 N–H and O–H groups in total. The van der Waals surface area contributed by atoms with Gasteiger partial charge in [0.2, 0.25) is 0 Å². The number of benzene rings is 2. The van der Waals surface area contributed by atoms with E-state index in [4.69, 9.17) is 4.98 Å². The van der Waals surface area contributed by atoms with E-state index in [2.05, 4.69) is 59.4 Å². The lowest BCUT2D eigenvalue weighted by atomic mass is 10.1. The highest BCUT2D eigenvalue weighted by molar-refractivity contribution is 5.89. The molecule has 5 aromatic rings. The van der Waals surface area contributed by atoms with E-state index in [0.29, 0.717) is 6.42 Å². The standard InChI is InChI=1S/C21H18N6/c1-14-8-9-17(10-15(14)2)27-20-18(12-23-27)21-24-19(25-26(21)13-22-20)11-16-6-4-3-5-7-16/h3-10,12-13H,11H2,1-2H3. The van der Waals surface area contributed by atoms with Crippen molar-refractivity contribution < 1.29 is 0 Å². The summed E-state index contributed by atoms with van der Waals surface area (Å²) in [6.07, 6.45) is 4.21. The Morgan fingerprint density at radius 3 is 2.59 bits per heavy atom. The minimum absolute atomic E-state index is 0.690. The van der Waals surface area contributed by atoms with Crippen molar-refractivity contribution in [3.05, 3.63) is 83.6 Å². The third kappa shape index (κ3) is 2.66. The van der Waals surface area contributed by atoms with Crippen molar-refractivity contribution in [1.29, 1.82) is 0 Å². The molecular weight excluding hydrogens is 336 g/mol. The number of hydrogen-bond donors (Lipinski definition) is 0. The molecule has 132 valence electrons. The summed E-state index contributed by atoms with van der Waals surface area (Å²) in [4.78, 5) is 9.31. The van der Waals surface area contributed by atoms with Crippen LogP contribution in [0.4, 0.5) is 0 Å². The lowest BCUT2D eigenvalue weighted by Crippen LogP contribution is -2.00. The van der Waals surface area contributed by atoms with Crippen molar-refractivity contribution >= 4 is 16.7 Å². The molecule has 0 bridgehead atoms. The number of aromatic nitrogens is 6. The maximum Gasteiger partial charge on any atom is 0.170 e. The lowest BCUT2D eigenvalue weighted by molar-refractivity contribution is 0.865. The summed E-state index contributed by atoms with van der Waals surface area (Å²) in [5, 5.41) is 10.0. The first-order valence-electron chi connectivity index (χ1n) is 8.88. The molecule has 0 aliphatic carbocycles. The van der Waals surface area contributed by atoms with Gasteiger partial charge in [-0.25, -0.2) is 19.2 Å². The number of hydrogen-bond acceptors (Lipinski definition) is 4. The van der Waals surface area contributed by atoms with Crippen LogP contribution >= 0.6 is 0 Å². The first-order chi connectivity index (χ1) is 13.2. The van der Waals surface area contributed by atoms with Gasteiger partial charge in [0.05, 0.1) is 17.3 Å². The molecule has 3 heterocycles. The first-order valence-corrected chi connectivity index (χ1v) is 8.88. The molecule has 2 aromatic carbocycles. The van der Waals surface area contributed by atoms with E-state index in [0.717, 1.165) is 28.2 Å². The van der Waals surface area contributed by atoms with Crippen LogP contribution in [0.5, 0.6) is 0 Å². The van der Waals surface area contributed by atoms with Crippen molar-refractivity contribution in [3.63, 3.8) is 0 Å². The van der Waals surface area contributed by atoms with E-state index in [1.807, 2.05) is 29.1 Å². The zero-order valence-corrected chi connectivity index (χ0v) is 15.2. The summed E-state index contributed by atoms with van der Waals surface area (Å²) < 4.78 is 3.58. The van der Waals surface area contributed by atoms with E-state index in [1.54, 1.807) is 10.8 Å². The van der Waals surface area contributed by atoms with Crippen LogP contribution in [0.15, 0.2) is 61.1 Å². The highest BCUT2D eigenvalue weighted by Crippen LogP contribution is 2.21. The largest absolute Gasteiger partial charge is 0.216 e. The predicted molar refractivity (Wildman–Crippen MR) is 104 cm³/mol. The zero-order valence-electron chi connectivity index (χ0n) is 15.2. The Bertz CT molecular complexity index is 1270. The Hall–Kier alpha value is -3.54. The summed E-state index contributed by atoms with van der Waals surface area (Å²) in [5.41, 5.74) is 6.22. The number of nitrogens with zero attached hydrogens (tertiary/aromatic N) is 6. The second kappa shape index (κ2) is 6.02. The molecule has 0 aliphatic heterocycles. The third-order valence-electron chi connectivity index (χ3n) is 4.89. The molecule has 0 atom stereocenters. The maximum absolute atomic E-state index is 4.73. The van der Waals surface area contributed by atoms with Gasteiger partial charge in [0.1, 0.15) is 6.33 Å². The zero-order chi connectivity index (χ0) is 18.4. The van der Waals surface area contributed by atoms with Crippen molar-refractivity contribution in [1.82, 2.24) is 29.4 Å². The van der Waals surface area contributed by atoms with Gasteiger partial charge in [0.25, 0.3) is 0 Å². The van der Waals surface area contributed by atoms with Gasteiger partial charge in [-0.3, -0.25) is 0 Å². The Morgan fingerprint density at radius 1 is 0.926 bits per heavy atom.